The fraction of sp³-hybridized carbons (Fsp3) is 0.556. The van der Waals surface area contributed by atoms with Crippen LogP contribution in [0.3, 0.4) is 0 Å². The maximum absolute atomic E-state index is 12.0. The molecule has 9 heteroatoms. The second-order valence-corrected chi connectivity index (χ2v) is 5.69. The van der Waals surface area contributed by atoms with E-state index in [1.807, 2.05) is 6.92 Å². The van der Waals surface area contributed by atoms with E-state index in [0.29, 0.717) is 13.0 Å². The molecule has 0 aromatic carbocycles. The normalized spacial score (nSPS) is 24.1. The monoisotopic (exact) mass is 273 g/mol. The van der Waals surface area contributed by atoms with Gasteiger partial charge in [-0.05, 0) is 13.3 Å². The Hall–Kier alpha value is -1.29. The number of nitrogens with one attached hydrogen (secondary N) is 2. The number of sulfonamides is 1. The largest absolute Gasteiger partial charge is 0.377 e. The number of ether oxygens (including phenoxy) is 1. The van der Waals surface area contributed by atoms with Gasteiger partial charge in [0.1, 0.15) is 4.90 Å². The summed E-state index contributed by atoms with van der Waals surface area (Å²) in [5, 5.41) is 0. The third kappa shape index (κ3) is 2.75. The van der Waals surface area contributed by atoms with Gasteiger partial charge in [0.05, 0.1) is 24.5 Å². The van der Waals surface area contributed by atoms with E-state index in [-0.39, 0.29) is 23.0 Å². The summed E-state index contributed by atoms with van der Waals surface area (Å²) in [6, 6.07) is -0.220. The minimum Gasteiger partial charge on any atom is -0.377 e. The van der Waals surface area contributed by atoms with Gasteiger partial charge >= 0.3 is 0 Å². The molecule has 1 aliphatic heterocycles. The van der Waals surface area contributed by atoms with Gasteiger partial charge in [0.25, 0.3) is 0 Å². The number of rotatable bonds is 4. The van der Waals surface area contributed by atoms with E-state index in [1.54, 1.807) is 0 Å². The van der Waals surface area contributed by atoms with Crippen molar-refractivity contribution in [2.45, 2.75) is 30.4 Å². The first-order chi connectivity index (χ1) is 8.53. The van der Waals surface area contributed by atoms with E-state index in [2.05, 4.69) is 20.1 Å². The predicted octanol–water partition coefficient (Wildman–Crippen LogP) is -0.782. The lowest BCUT2D eigenvalue weighted by Gasteiger charge is -2.15. The number of aromatic nitrogens is 2. The topological polar surface area (TPSA) is 119 Å². The van der Waals surface area contributed by atoms with E-state index in [0.717, 1.165) is 0 Å². The van der Waals surface area contributed by atoms with Crippen molar-refractivity contribution in [1.29, 1.82) is 0 Å². The van der Waals surface area contributed by atoms with Gasteiger partial charge in [-0.1, -0.05) is 0 Å². The van der Waals surface area contributed by atoms with Crippen LogP contribution in [-0.2, 0) is 14.8 Å². The average molecular weight is 273 g/mol. The van der Waals surface area contributed by atoms with Crippen LogP contribution in [0.4, 0.5) is 5.95 Å². The first-order valence-electron chi connectivity index (χ1n) is 5.45. The molecule has 2 unspecified atom stereocenters. The van der Waals surface area contributed by atoms with Gasteiger partial charge in [0.15, 0.2) is 0 Å². The molecule has 2 rings (SSSR count). The third-order valence-electron chi connectivity index (χ3n) is 2.75. The Labute approximate surface area is 105 Å². The summed E-state index contributed by atoms with van der Waals surface area (Å²) in [4.78, 5) is 7.52. The van der Waals surface area contributed by atoms with Crippen molar-refractivity contribution in [3.05, 3.63) is 12.4 Å². The molecular weight excluding hydrogens is 258 g/mol. The van der Waals surface area contributed by atoms with E-state index < -0.39 is 10.0 Å². The lowest BCUT2D eigenvalue weighted by Crippen LogP contribution is -2.39. The molecule has 0 amide bonds. The highest BCUT2D eigenvalue weighted by molar-refractivity contribution is 7.89. The highest BCUT2D eigenvalue weighted by Crippen LogP contribution is 2.16. The molecule has 0 spiro atoms. The van der Waals surface area contributed by atoms with Gasteiger partial charge in [0.2, 0.25) is 16.0 Å². The molecule has 100 valence electrons. The molecule has 4 N–H and O–H groups in total. The SMILES string of the molecule is CC1OCCC1NS(=O)(=O)c1cnc(NN)nc1. The van der Waals surface area contributed by atoms with Crippen LogP contribution < -0.4 is 16.0 Å². The number of hydrogen-bond donors (Lipinski definition) is 3. The Morgan fingerprint density at radius 3 is 2.61 bits per heavy atom. The Bertz CT molecular complexity index is 503. The zero-order valence-corrected chi connectivity index (χ0v) is 10.6. The maximum atomic E-state index is 12.0. The fourth-order valence-electron chi connectivity index (χ4n) is 1.68. The number of hydrazine groups is 1. The van der Waals surface area contributed by atoms with Crippen LogP contribution in [-0.4, -0.2) is 37.1 Å². The van der Waals surface area contributed by atoms with Crippen molar-refractivity contribution < 1.29 is 13.2 Å². The third-order valence-corrected chi connectivity index (χ3v) is 4.19. The van der Waals surface area contributed by atoms with Gasteiger partial charge in [-0.15, -0.1) is 0 Å². The number of nitrogens with two attached hydrogens (primary N) is 1. The highest BCUT2D eigenvalue weighted by Gasteiger charge is 2.29. The van der Waals surface area contributed by atoms with Gasteiger partial charge in [-0.25, -0.2) is 29.0 Å². The van der Waals surface area contributed by atoms with Gasteiger partial charge in [0, 0.05) is 6.61 Å². The van der Waals surface area contributed by atoms with Crippen LogP contribution in [0.15, 0.2) is 17.3 Å². The Morgan fingerprint density at radius 2 is 2.11 bits per heavy atom. The lowest BCUT2D eigenvalue weighted by atomic mass is 10.2. The number of anilines is 1. The molecule has 8 nitrogen and oxygen atoms in total. The van der Waals surface area contributed by atoms with Crippen LogP contribution >= 0.6 is 0 Å². The van der Waals surface area contributed by atoms with E-state index in [4.69, 9.17) is 10.6 Å². The zero-order valence-electron chi connectivity index (χ0n) is 9.83. The summed E-state index contributed by atoms with van der Waals surface area (Å²) in [5.41, 5.74) is 2.23. The second kappa shape index (κ2) is 5.14. The summed E-state index contributed by atoms with van der Waals surface area (Å²) in [5.74, 6) is 5.26. The van der Waals surface area contributed by atoms with Crippen LogP contribution in [0.25, 0.3) is 0 Å². The molecule has 1 fully saturated rings. The summed E-state index contributed by atoms with van der Waals surface area (Å²) in [6.07, 6.45) is 2.92. The summed E-state index contributed by atoms with van der Waals surface area (Å²) < 4.78 is 31.9. The molecular formula is C9H15N5O3S. The van der Waals surface area contributed by atoms with Crippen molar-refractivity contribution >= 4 is 16.0 Å². The minimum absolute atomic E-state index is 0.000556. The summed E-state index contributed by atoms with van der Waals surface area (Å²) >= 11 is 0. The van der Waals surface area contributed by atoms with Crippen LogP contribution in [0.2, 0.25) is 0 Å². The van der Waals surface area contributed by atoms with Gasteiger partial charge in [-0.3, -0.25) is 5.43 Å². The molecule has 2 atom stereocenters. The van der Waals surface area contributed by atoms with Crippen LogP contribution in [0.1, 0.15) is 13.3 Å². The maximum Gasteiger partial charge on any atom is 0.243 e. The molecule has 1 aromatic heterocycles. The Balaban J connectivity index is 2.14. The van der Waals surface area contributed by atoms with Gasteiger partial charge < -0.3 is 4.74 Å². The molecule has 18 heavy (non-hydrogen) atoms. The molecule has 1 aromatic rings. The van der Waals surface area contributed by atoms with Crippen molar-refractivity contribution in [2.24, 2.45) is 5.84 Å². The first kappa shape index (κ1) is 13.1. The first-order valence-corrected chi connectivity index (χ1v) is 6.94. The molecule has 0 bridgehead atoms. The average Bonchev–Trinajstić information content (AvgIpc) is 2.74. The fourth-order valence-corrected chi connectivity index (χ4v) is 2.91. The van der Waals surface area contributed by atoms with Crippen LogP contribution in [0, 0.1) is 0 Å². The van der Waals surface area contributed by atoms with Gasteiger partial charge in [-0.2, -0.15) is 0 Å². The number of nitrogens with zero attached hydrogens (tertiary/aromatic N) is 2. The van der Waals surface area contributed by atoms with Crippen molar-refractivity contribution in [3.8, 4) is 0 Å². The molecule has 0 radical (unpaired) electrons. The molecule has 1 aliphatic rings. The number of hydrogen-bond acceptors (Lipinski definition) is 7. The molecule has 1 saturated heterocycles. The quantitative estimate of drug-likeness (QED) is 0.486. The standard InChI is InChI=1S/C9H15N5O3S/c1-6-8(2-3-17-6)14-18(15,16)7-4-11-9(13-10)12-5-7/h4-6,8,14H,2-3,10H2,1H3,(H,11,12,13). The zero-order chi connectivity index (χ0) is 13.2. The van der Waals surface area contributed by atoms with Crippen molar-refractivity contribution in [1.82, 2.24) is 14.7 Å². The summed E-state index contributed by atoms with van der Waals surface area (Å²) in [7, 11) is -3.63. The Kier molecular flexibility index (Phi) is 3.76. The molecule has 0 aliphatic carbocycles. The van der Waals surface area contributed by atoms with Crippen molar-refractivity contribution in [2.75, 3.05) is 12.0 Å². The smallest absolute Gasteiger partial charge is 0.243 e. The summed E-state index contributed by atoms with van der Waals surface area (Å²) in [6.45, 7) is 2.39. The van der Waals surface area contributed by atoms with Crippen LogP contribution in [0.5, 0.6) is 0 Å². The molecule has 2 heterocycles. The Morgan fingerprint density at radius 1 is 1.44 bits per heavy atom. The van der Waals surface area contributed by atoms with E-state index >= 15 is 0 Å². The van der Waals surface area contributed by atoms with E-state index in [9.17, 15) is 8.42 Å². The number of nitrogen functional groups attached to an aromatic ring is 1. The van der Waals surface area contributed by atoms with Crippen molar-refractivity contribution in [3.63, 3.8) is 0 Å². The minimum atomic E-state index is -3.63. The second-order valence-electron chi connectivity index (χ2n) is 3.98. The molecule has 0 saturated carbocycles. The predicted molar refractivity (Wildman–Crippen MR) is 64.0 cm³/mol. The highest BCUT2D eigenvalue weighted by atomic mass is 32.2. The van der Waals surface area contributed by atoms with E-state index in [1.165, 1.54) is 12.4 Å². The lowest BCUT2D eigenvalue weighted by molar-refractivity contribution is 0.117.